The largest absolute Gasteiger partial charge is 0.374 e. The van der Waals surface area contributed by atoms with E-state index in [-0.39, 0.29) is 0 Å². The molecular formula is C16H23NOS. The molecule has 0 bridgehead atoms. The van der Waals surface area contributed by atoms with Crippen molar-refractivity contribution in [1.82, 2.24) is 4.90 Å². The molecule has 0 atom stereocenters. The van der Waals surface area contributed by atoms with Crippen LogP contribution in [0.4, 0.5) is 0 Å². The van der Waals surface area contributed by atoms with Crippen LogP contribution < -0.4 is 0 Å². The smallest absolute Gasteiger partial charge is 0.0431 e. The van der Waals surface area contributed by atoms with E-state index in [9.17, 15) is 4.21 Å². The number of allylic oxidation sites excluding steroid dienone is 3. The number of nitrogens with zero attached hydrogens (tertiary/aromatic N) is 1. The highest BCUT2D eigenvalue weighted by molar-refractivity contribution is 8.01. The van der Waals surface area contributed by atoms with Crippen LogP contribution >= 0.6 is 0 Å². The van der Waals surface area contributed by atoms with Gasteiger partial charge in [0.25, 0.3) is 0 Å². The molecule has 0 N–H and O–H groups in total. The van der Waals surface area contributed by atoms with Crippen LogP contribution in [0.5, 0.6) is 0 Å². The summed E-state index contributed by atoms with van der Waals surface area (Å²) in [5.74, 6) is 0. The van der Waals surface area contributed by atoms with E-state index < -0.39 is 9.93 Å². The summed E-state index contributed by atoms with van der Waals surface area (Å²) in [6.07, 6.45) is 5.84. The van der Waals surface area contributed by atoms with Gasteiger partial charge in [-0.2, -0.15) is 0 Å². The molecule has 0 saturated carbocycles. The molecule has 3 heteroatoms. The summed E-state index contributed by atoms with van der Waals surface area (Å²) in [6, 6.07) is 8.19. The molecule has 0 amide bonds. The lowest BCUT2D eigenvalue weighted by molar-refractivity contribution is 0.465. The number of benzene rings is 1. The Balaban J connectivity index is 2.38. The molecular weight excluding hydrogens is 254 g/mol. The van der Waals surface area contributed by atoms with E-state index in [0.29, 0.717) is 0 Å². The summed E-state index contributed by atoms with van der Waals surface area (Å²) in [5, 5.41) is 0. The second-order valence-corrected chi connectivity index (χ2v) is 8.92. The molecule has 0 unspecified atom stereocenters. The lowest BCUT2D eigenvalue weighted by Gasteiger charge is -2.28. The Kier molecular flexibility index (Phi) is 3.68. The fourth-order valence-electron chi connectivity index (χ4n) is 2.34. The van der Waals surface area contributed by atoms with Crippen molar-refractivity contribution in [1.29, 1.82) is 0 Å². The van der Waals surface area contributed by atoms with Gasteiger partial charge in [-0.05, 0) is 61.3 Å². The van der Waals surface area contributed by atoms with E-state index in [4.69, 9.17) is 0 Å². The maximum absolute atomic E-state index is 12.0. The van der Waals surface area contributed by atoms with Gasteiger partial charge in [-0.3, -0.25) is 4.21 Å². The summed E-state index contributed by atoms with van der Waals surface area (Å²) in [4.78, 5) is 3.20. The molecule has 0 spiro atoms. The molecule has 0 radical (unpaired) electrons. The minimum atomic E-state index is -2.15. The lowest BCUT2D eigenvalue weighted by Crippen LogP contribution is -2.22. The predicted octanol–water partition coefficient (Wildman–Crippen LogP) is 2.94. The van der Waals surface area contributed by atoms with Crippen LogP contribution in [0, 0.1) is 0 Å². The first-order valence-corrected chi connectivity index (χ1v) is 9.14. The van der Waals surface area contributed by atoms with Crippen molar-refractivity contribution in [3.05, 3.63) is 47.2 Å². The van der Waals surface area contributed by atoms with Crippen LogP contribution in [0.2, 0.25) is 0 Å². The van der Waals surface area contributed by atoms with Crippen molar-refractivity contribution < 1.29 is 4.21 Å². The van der Waals surface area contributed by atoms with Crippen LogP contribution in [-0.4, -0.2) is 35.2 Å². The van der Waals surface area contributed by atoms with Crippen molar-refractivity contribution in [3.63, 3.8) is 0 Å². The van der Waals surface area contributed by atoms with Crippen LogP contribution in [-0.2, 0) is 9.93 Å². The van der Waals surface area contributed by atoms with E-state index >= 15 is 0 Å². The third-order valence-corrected chi connectivity index (χ3v) is 5.28. The molecule has 0 fully saturated rings. The summed E-state index contributed by atoms with van der Waals surface area (Å²) in [7, 11) is -0.0437. The van der Waals surface area contributed by atoms with Crippen molar-refractivity contribution in [3.8, 4) is 0 Å². The Bertz CT molecular complexity index is 590. The Morgan fingerprint density at radius 2 is 1.68 bits per heavy atom. The third kappa shape index (κ3) is 2.98. The van der Waals surface area contributed by atoms with E-state index in [0.717, 1.165) is 11.4 Å². The maximum atomic E-state index is 12.0. The van der Waals surface area contributed by atoms with Crippen LogP contribution in [0.15, 0.2) is 46.5 Å². The second-order valence-electron chi connectivity index (χ2n) is 5.70. The predicted molar refractivity (Wildman–Crippen MR) is 85.1 cm³/mol. The standard InChI is InChI=1S/C16H23NOS/c1-12-10-13(2)17(3)11-16(12)14-6-8-15(9-7-14)19(4,5)18/h6-10,19H,11H2,1-5H3. The Morgan fingerprint density at radius 3 is 2.21 bits per heavy atom. The van der Waals surface area contributed by atoms with Gasteiger partial charge in [0.15, 0.2) is 0 Å². The van der Waals surface area contributed by atoms with Gasteiger partial charge in [-0.15, -0.1) is 0 Å². The molecule has 1 heterocycles. The SMILES string of the molecule is CC1=CC(C)=C(c2ccc([SH](C)(C)=O)cc2)CN1C. The molecule has 2 nitrogen and oxygen atoms in total. The van der Waals surface area contributed by atoms with Gasteiger partial charge < -0.3 is 4.90 Å². The quantitative estimate of drug-likeness (QED) is 0.839. The number of likely N-dealkylation sites (N-methyl/N-ethyl adjacent to an activating group) is 1. The van der Waals surface area contributed by atoms with Gasteiger partial charge in [0.2, 0.25) is 0 Å². The minimum Gasteiger partial charge on any atom is -0.374 e. The second kappa shape index (κ2) is 4.97. The zero-order valence-electron chi connectivity index (χ0n) is 12.4. The van der Waals surface area contributed by atoms with Crippen molar-refractivity contribution in [2.24, 2.45) is 0 Å². The zero-order valence-corrected chi connectivity index (χ0v) is 13.3. The van der Waals surface area contributed by atoms with Gasteiger partial charge in [0.1, 0.15) is 0 Å². The van der Waals surface area contributed by atoms with Crippen molar-refractivity contribution >= 4 is 15.5 Å². The zero-order chi connectivity index (χ0) is 14.2. The van der Waals surface area contributed by atoms with Gasteiger partial charge >= 0.3 is 0 Å². The van der Waals surface area contributed by atoms with Gasteiger partial charge in [-0.25, -0.2) is 0 Å². The molecule has 2 rings (SSSR count). The third-order valence-electron chi connectivity index (χ3n) is 3.74. The lowest BCUT2D eigenvalue weighted by atomic mass is 9.97. The fourth-order valence-corrected chi connectivity index (χ4v) is 3.20. The first-order chi connectivity index (χ1) is 8.79. The number of hydrogen-bond acceptors (Lipinski definition) is 2. The van der Waals surface area contributed by atoms with E-state index in [1.54, 1.807) is 0 Å². The Hall–Kier alpha value is -1.35. The molecule has 0 aliphatic carbocycles. The van der Waals surface area contributed by atoms with Crippen molar-refractivity contribution in [2.45, 2.75) is 18.7 Å². The molecule has 19 heavy (non-hydrogen) atoms. The summed E-state index contributed by atoms with van der Waals surface area (Å²) in [6.45, 7) is 5.22. The molecule has 1 aliphatic heterocycles. The number of hydrogen-bond donors (Lipinski definition) is 1. The first-order valence-electron chi connectivity index (χ1n) is 6.54. The highest BCUT2D eigenvalue weighted by Gasteiger charge is 2.14. The van der Waals surface area contributed by atoms with Gasteiger partial charge in [0, 0.05) is 24.2 Å². The number of thiol groups is 1. The Labute approximate surface area is 117 Å². The van der Waals surface area contributed by atoms with Gasteiger partial charge in [0.05, 0.1) is 0 Å². The monoisotopic (exact) mass is 277 g/mol. The van der Waals surface area contributed by atoms with Gasteiger partial charge in [-0.1, -0.05) is 22.1 Å². The van der Waals surface area contributed by atoms with E-state index in [1.807, 2.05) is 24.6 Å². The highest BCUT2D eigenvalue weighted by Crippen LogP contribution is 2.27. The highest BCUT2D eigenvalue weighted by atomic mass is 32.2. The fraction of sp³-hybridized carbons (Fsp3) is 0.375. The van der Waals surface area contributed by atoms with Crippen LogP contribution in [0.1, 0.15) is 19.4 Å². The molecule has 1 aromatic carbocycles. The number of rotatable bonds is 2. The average molecular weight is 277 g/mol. The van der Waals surface area contributed by atoms with Crippen molar-refractivity contribution in [2.75, 3.05) is 26.1 Å². The van der Waals surface area contributed by atoms with Crippen LogP contribution in [0.25, 0.3) is 5.57 Å². The normalized spacial score (nSPS) is 17.5. The average Bonchev–Trinajstić information content (AvgIpc) is 2.33. The molecule has 104 valence electrons. The molecule has 0 saturated heterocycles. The summed E-state index contributed by atoms with van der Waals surface area (Å²) >= 11 is 0. The first kappa shape index (κ1) is 14.1. The minimum absolute atomic E-state index is 0.934. The molecule has 1 aromatic rings. The Morgan fingerprint density at radius 1 is 1.11 bits per heavy atom. The maximum Gasteiger partial charge on any atom is 0.0431 e. The topological polar surface area (TPSA) is 20.3 Å². The van der Waals surface area contributed by atoms with E-state index in [2.05, 4.69) is 44.0 Å². The summed E-state index contributed by atoms with van der Waals surface area (Å²) in [5.41, 5.74) is 5.19. The van der Waals surface area contributed by atoms with E-state index in [1.165, 1.54) is 22.4 Å². The van der Waals surface area contributed by atoms with Crippen LogP contribution in [0.3, 0.4) is 0 Å². The molecule has 1 aliphatic rings. The molecule has 0 aromatic heterocycles. The summed E-state index contributed by atoms with van der Waals surface area (Å²) < 4.78 is 12.0.